The van der Waals surface area contributed by atoms with Gasteiger partial charge in [0.25, 0.3) is 0 Å². The van der Waals surface area contributed by atoms with Gasteiger partial charge in [0.15, 0.2) is 0 Å². The molecule has 0 fully saturated rings. The van der Waals surface area contributed by atoms with Crippen LogP contribution in [-0.2, 0) is 15.6 Å². The highest BCUT2D eigenvalue weighted by Crippen LogP contribution is 2.56. The van der Waals surface area contributed by atoms with Gasteiger partial charge < -0.3 is 18.9 Å². The predicted octanol–water partition coefficient (Wildman–Crippen LogP) is 15.1. The second-order valence-electron chi connectivity index (χ2n) is 19.4. The quantitative estimate of drug-likeness (QED) is 0.129. The Hall–Kier alpha value is -5.48. The zero-order valence-corrected chi connectivity index (χ0v) is 37.6. The summed E-state index contributed by atoms with van der Waals surface area (Å²) in [5.41, 5.74) is 15.1. The van der Waals surface area contributed by atoms with E-state index in [0.29, 0.717) is 0 Å². The zero-order chi connectivity index (χ0) is 42.4. The van der Waals surface area contributed by atoms with Gasteiger partial charge in [-0.15, -0.1) is 0 Å². The topological polar surface area (TPSA) is 36.9 Å². The molecule has 0 aliphatic heterocycles. The van der Waals surface area contributed by atoms with Crippen molar-refractivity contribution in [1.29, 1.82) is 0 Å². The van der Waals surface area contributed by atoms with Gasteiger partial charge in [-0.25, -0.2) is 0 Å². The lowest BCUT2D eigenvalue weighted by Crippen LogP contribution is -2.18. The van der Waals surface area contributed by atoms with E-state index in [0.717, 1.165) is 35.8 Å². The molecule has 0 spiro atoms. The number of ether oxygens (including phenoxy) is 4. The van der Waals surface area contributed by atoms with Crippen molar-refractivity contribution in [3.8, 4) is 50.6 Å². The third-order valence-corrected chi connectivity index (χ3v) is 12.7. The number of hydrogen-bond acceptors (Lipinski definition) is 4. The Bertz CT molecular complexity index is 2770. The van der Waals surface area contributed by atoms with E-state index in [1.165, 1.54) is 88.3 Å². The van der Waals surface area contributed by atoms with Crippen LogP contribution in [0.15, 0.2) is 108 Å². The molecule has 0 bridgehead atoms. The van der Waals surface area contributed by atoms with Crippen LogP contribution in [0.25, 0.3) is 60.5 Å². The minimum absolute atomic E-state index is 0.0647. The predicted molar refractivity (Wildman–Crippen MR) is 251 cm³/mol. The second kappa shape index (κ2) is 14.6. The van der Waals surface area contributed by atoms with Crippen LogP contribution in [0.3, 0.4) is 0 Å². The average Bonchev–Trinajstić information content (AvgIpc) is 3.54. The van der Waals surface area contributed by atoms with Gasteiger partial charge >= 0.3 is 0 Å². The van der Waals surface area contributed by atoms with Crippen LogP contribution in [0.2, 0.25) is 0 Å². The fourth-order valence-corrected chi connectivity index (χ4v) is 10.2. The van der Waals surface area contributed by atoms with E-state index in [2.05, 4.69) is 180 Å². The molecule has 0 saturated carbocycles. The zero-order valence-electron chi connectivity index (χ0n) is 37.6. The molecule has 0 aromatic heterocycles. The molecule has 0 radical (unpaired) electrons. The largest absolute Gasteiger partial charge is 0.495 e. The maximum atomic E-state index is 6.45. The third kappa shape index (κ3) is 6.77. The lowest BCUT2D eigenvalue weighted by Gasteiger charge is -2.26. The SMILES string of the molecule is CC(C)OC1=CC2=C(CC1)c1c(-c3ccc4c(ccc5cc(-c6cc(OC(C)C)cc7c6-c6ccc(OC(C)C)cc6C7(C)C)ccc54)c3)cc(OC(C)C)cc1C2(C)C. The Morgan fingerprint density at radius 1 is 0.433 bits per heavy atom. The van der Waals surface area contributed by atoms with Crippen LogP contribution < -0.4 is 14.2 Å². The molecule has 60 heavy (non-hydrogen) atoms. The molecule has 9 rings (SSSR count). The molecule has 6 aromatic carbocycles. The summed E-state index contributed by atoms with van der Waals surface area (Å²) < 4.78 is 25.3. The smallest absolute Gasteiger partial charge is 0.120 e. The van der Waals surface area contributed by atoms with Gasteiger partial charge in [0.2, 0.25) is 0 Å². The minimum atomic E-state index is -0.218. The first kappa shape index (κ1) is 40.0. The lowest BCUT2D eigenvalue weighted by molar-refractivity contribution is 0.139. The van der Waals surface area contributed by atoms with Crippen LogP contribution in [0.5, 0.6) is 17.2 Å². The van der Waals surface area contributed by atoms with Crippen molar-refractivity contribution in [3.63, 3.8) is 0 Å². The fourth-order valence-electron chi connectivity index (χ4n) is 10.2. The van der Waals surface area contributed by atoms with E-state index in [9.17, 15) is 0 Å². The molecule has 3 aliphatic rings. The molecule has 3 aliphatic carbocycles. The highest BCUT2D eigenvalue weighted by Gasteiger charge is 2.41. The van der Waals surface area contributed by atoms with E-state index in [4.69, 9.17) is 18.9 Å². The first-order chi connectivity index (χ1) is 28.5. The van der Waals surface area contributed by atoms with Crippen molar-refractivity contribution in [2.24, 2.45) is 0 Å². The van der Waals surface area contributed by atoms with Gasteiger partial charge in [0.05, 0.1) is 30.2 Å². The summed E-state index contributed by atoms with van der Waals surface area (Å²) in [4.78, 5) is 0. The Labute approximate surface area is 357 Å². The molecule has 0 amide bonds. The van der Waals surface area contributed by atoms with E-state index in [1.54, 1.807) is 0 Å². The fraction of sp³-hybridized carbons (Fsp3) is 0.357. The van der Waals surface area contributed by atoms with Crippen LogP contribution in [0, 0.1) is 0 Å². The van der Waals surface area contributed by atoms with Crippen LogP contribution >= 0.6 is 0 Å². The van der Waals surface area contributed by atoms with E-state index in [-0.39, 0.29) is 35.2 Å². The summed E-state index contributed by atoms with van der Waals surface area (Å²) in [6, 6.07) is 34.3. The van der Waals surface area contributed by atoms with Gasteiger partial charge in [-0.1, -0.05) is 70.2 Å². The maximum absolute atomic E-state index is 6.45. The normalized spacial score (nSPS) is 16.1. The van der Waals surface area contributed by atoms with Gasteiger partial charge in [-0.3, -0.25) is 0 Å². The van der Waals surface area contributed by atoms with Crippen molar-refractivity contribution in [2.75, 3.05) is 0 Å². The molecule has 308 valence electrons. The molecular formula is C56H60O4. The van der Waals surface area contributed by atoms with Crippen molar-refractivity contribution < 1.29 is 18.9 Å². The molecule has 0 atom stereocenters. The summed E-state index contributed by atoms with van der Waals surface area (Å²) in [5, 5.41) is 4.93. The standard InChI is InChI=1S/C56H60O4/c1-31(2)57-39-17-21-45-49(27-39)55(9,10)51-29-41(59-33(5)6)25-47(53(45)51)37-15-19-43-35(23-37)13-14-36-24-38(16-20-44(36)43)48-26-42(60-34(7)8)30-52-54(48)46-22-18-40(58-32(3)4)28-50(46)56(52,11)12/h13-17,19-21,23-34H,18,22H2,1-12H3. The Morgan fingerprint density at radius 3 is 1.48 bits per heavy atom. The summed E-state index contributed by atoms with van der Waals surface area (Å²) in [6.45, 7) is 26.1. The van der Waals surface area contributed by atoms with Crippen molar-refractivity contribution in [3.05, 3.63) is 131 Å². The van der Waals surface area contributed by atoms with Gasteiger partial charge in [-0.05, 0) is 205 Å². The average molecular weight is 797 g/mol. The van der Waals surface area contributed by atoms with E-state index >= 15 is 0 Å². The third-order valence-electron chi connectivity index (χ3n) is 12.7. The number of fused-ring (bicyclic) bond motifs is 8. The number of benzene rings is 6. The monoisotopic (exact) mass is 796 g/mol. The molecule has 0 heterocycles. The molecule has 4 heteroatoms. The van der Waals surface area contributed by atoms with Crippen LogP contribution in [-0.4, -0.2) is 24.4 Å². The molecular weight excluding hydrogens is 737 g/mol. The molecule has 4 nitrogen and oxygen atoms in total. The van der Waals surface area contributed by atoms with Crippen molar-refractivity contribution in [1.82, 2.24) is 0 Å². The molecule has 0 N–H and O–H groups in total. The first-order valence-electron chi connectivity index (χ1n) is 22.1. The Balaban J connectivity index is 1.16. The Morgan fingerprint density at radius 2 is 0.933 bits per heavy atom. The molecule has 6 aromatic rings. The summed E-state index contributed by atoms with van der Waals surface area (Å²) in [5.74, 6) is 3.82. The first-order valence-corrected chi connectivity index (χ1v) is 22.1. The number of allylic oxidation sites excluding steroid dienone is 4. The Kier molecular flexibility index (Phi) is 9.73. The summed E-state index contributed by atoms with van der Waals surface area (Å²) in [6.07, 6.45) is 4.62. The lowest BCUT2D eigenvalue weighted by atomic mass is 9.79. The highest BCUT2D eigenvalue weighted by atomic mass is 16.5. The number of hydrogen-bond donors (Lipinski definition) is 0. The van der Waals surface area contributed by atoms with Crippen molar-refractivity contribution >= 4 is 27.1 Å². The summed E-state index contributed by atoms with van der Waals surface area (Å²) in [7, 11) is 0. The molecule has 0 unspecified atom stereocenters. The van der Waals surface area contributed by atoms with Gasteiger partial charge in [0, 0.05) is 17.3 Å². The van der Waals surface area contributed by atoms with Crippen molar-refractivity contribution in [2.45, 2.75) is 131 Å². The van der Waals surface area contributed by atoms with Crippen LogP contribution in [0.4, 0.5) is 0 Å². The summed E-state index contributed by atoms with van der Waals surface area (Å²) >= 11 is 0. The van der Waals surface area contributed by atoms with Gasteiger partial charge in [0.1, 0.15) is 17.2 Å². The second-order valence-corrected chi connectivity index (χ2v) is 19.4. The van der Waals surface area contributed by atoms with Gasteiger partial charge in [-0.2, -0.15) is 0 Å². The van der Waals surface area contributed by atoms with E-state index in [1.807, 2.05) is 0 Å². The highest BCUT2D eigenvalue weighted by molar-refractivity contribution is 6.10. The van der Waals surface area contributed by atoms with E-state index < -0.39 is 0 Å². The van der Waals surface area contributed by atoms with Crippen LogP contribution in [0.1, 0.15) is 118 Å². The molecule has 0 saturated heterocycles. The number of rotatable bonds is 10. The minimum Gasteiger partial charge on any atom is -0.495 e. The maximum Gasteiger partial charge on any atom is 0.120 e.